The number of aromatic nitrogens is 3. The topological polar surface area (TPSA) is 83.0 Å². The first-order valence-electron chi connectivity index (χ1n) is 10.9. The van der Waals surface area contributed by atoms with E-state index in [2.05, 4.69) is 30.5 Å². The molecular weight excluding hydrogens is 445 g/mol. The Morgan fingerprint density at radius 3 is 2.47 bits per heavy atom. The van der Waals surface area contributed by atoms with Gasteiger partial charge in [0.05, 0.1) is 0 Å². The standard InChI is InChI=1S/C24H25F3N6O/c1-15-11-18(13-19(12-15)31-23-30-8-4-20(32-23)24(25,26)27)17-3-7-29-21(14-17)33-9-5-16(6-10-33)22(34)28-2/h3-4,7-8,11-14,16H,5-6,9-10H2,1-2H3,(H,28,34)(H,30,31,32). The van der Waals surface area contributed by atoms with Gasteiger partial charge in [-0.3, -0.25) is 4.79 Å². The summed E-state index contributed by atoms with van der Waals surface area (Å²) >= 11 is 0. The van der Waals surface area contributed by atoms with E-state index in [9.17, 15) is 18.0 Å². The van der Waals surface area contributed by atoms with E-state index in [1.807, 2.05) is 37.3 Å². The van der Waals surface area contributed by atoms with Crippen LogP contribution in [0.25, 0.3) is 11.1 Å². The lowest BCUT2D eigenvalue weighted by atomic mass is 9.96. The molecule has 1 amide bonds. The molecule has 0 unspecified atom stereocenters. The Bertz CT molecular complexity index is 1180. The molecule has 0 bridgehead atoms. The minimum Gasteiger partial charge on any atom is -0.359 e. The van der Waals surface area contributed by atoms with Crippen molar-refractivity contribution in [3.05, 3.63) is 60.0 Å². The molecular formula is C24H25F3N6O. The summed E-state index contributed by atoms with van der Waals surface area (Å²) in [5.74, 6) is 0.796. The number of halogens is 3. The predicted octanol–water partition coefficient (Wildman–Crippen LogP) is 4.57. The van der Waals surface area contributed by atoms with Crippen LogP contribution in [0, 0.1) is 12.8 Å². The fourth-order valence-electron chi connectivity index (χ4n) is 4.07. The summed E-state index contributed by atoms with van der Waals surface area (Å²) < 4.78 is 38.9. The van der Waals surface area contributed by atoms with E-state index in [1.165, 1.54) is 0 Å². The van der Waals surface area contributed by atoms with E-state index in [0.717, 1.165) is 60.7 Å². The van der Waals surface area contributed by atoms with Crippen molar-refractivity contribution in [3.8, 4) is 11.1 Å². The third-order valence-corrected chi connectivity index (χ3v) is 5.79. The minimum atomic E-state index is -4.54. The van der Waals surface area contributed by atoms with Crippen molar-refractivity contribution < 1.29 is 18.0 Å². The molecule has 3 aromatic rings. The fourth-order valence-corrected chi connectivity index (χ4v) is 4.07. The van der Waals surface area contributed by atoms with Crippen LogP contribution in [0.2, 0.25) is 0 Å². The highest BCUT2D eigenvalue weighted by Crippen LogP contribution is 2.31. The molecule has 34 heavy (non-hydrogen) atoms. The maximum absolute atomic E-state index is 13.0. The SMILES string of the molecule is CNC(=O)C1CCN(c2cc(-c3cc(C)cc(Nc4nccc(C(F)(F)F)n4)c3)ccn2)CC1. The van der Waals surface area contributed by atoms with E-state index in [-0.39, 0.29) is 17.8 Å². The van der Waals surface area contributed by atoms with Crippen LogP contribution in [0.1, 0.15) is 24.1 Å². The van der Waals surface area contributed by atoms with Crippen LogP contribution < -0.4 is 15.5 Å². The van der Waals surface area contributed by atoms with Crippen LogP contribution in [0.15, 0.2) is 48.8 Å². The van der Waals surface area contributed by atoms with Crippen LogP contribution in [-0.4, -0.2) is 41.0 Å². The Morgan fingerprint density at radius 2 is 1.76 bits per heavy atom. The molecule has 3 heterocycles. The van der Waals surface area contributed by atoms with E-state index in [4.69, 9.17) is 0 Å². The van der Waals surface area contributed by atoms with Crippen LogP contribution in [0.3, 0.4) is 0 Å². The van der Waals surface area contributed by atoms with E-state index >= 15 is 0 Å². The maximum atomic E-state index is 13.0. The molecule has 0 aliphatic carbocycles. The third-order valence-electron chi connectivity index (χ3n) is 5.79. The first-order valence-corrected chi connectivity index (χ1v) is 10.9. The van der Waals surface area contributed by atoms with Gasteiger partial charge in [-0.25, -0.2) is 15.0 Å². The molecule has 0 radical (unpaired) electrons. The van der Waals surface area contributed by atoms with Crippen LogP contribution >= 0.6 is 0 Å². The Balaban J connectivity index is 1.54. The van der Waals surface area contributed by atoms with Crippen molar-refractivity contribution in [3.63, 3.8) is 0 Å². The number of pyridine rings is 1. The number of carbonyl (C=O) groups excluding carboxylic acids is 1. The number of nitrogens with one attached hydrogen (secondary N) is 2. The van der Waals surface area contributed by atoms with Gasteiger partial charge in [-0.05, 0) is 66.8 Å². The molecule has 2 aromatic heterocycles. The van der Waals surface area contributed by atoms with Gasteiger partial charge in [0.1, 0.15) is 11.5 Å². The second-order valence-corrected chi connectivity index (χ2v) is 8.25. The largest absolute Gasteiger partial charge is 0.433 e. The highest BCUT2D eigenvalue weighted by Gasteiger charge is 2.32. The number of carbonyl (C=O) groups is 1. The fraction of sp³-hybridized carbons (Fsp3) is 0.333. The molecule has 7 nitrogen and oxygen atoms in total. The van der Waals surface area contributed by atoms with Gasteiger partial charge in [-0.1, -0.05) is 6.07 Å². The smallest absolute Gasteiger partial charge is 0.359 e. The Labute approximate surface area is 195 Å². The zero-order valence-corrected chi connectivity index (χ0v) is 18.9. The summed E-state index contributed by atoms with van der Waals surface area (Å²) in [6.07, 6.45) is -0.195. The van der Waals surface area contributed by atoms with Crippen LogP contribution in [-0.2, 0) is 11.0 Å². The van der Waals surface area contributed by atoms with Crippen LogP contribution in [0.4, 0.5) is 30.6 Å². The van der Waals surface area contributed by atoms with E-state index < -0.39 is 11.9 Å². The molecule has 1 saturated heterocycles. The quantitative estimate of drug-likeness (QED) is 0.568. The van der Waals surface area contributed by atoms with Gasteiger partial charge in [0.2, 0.25) is 11.9 Å². The van der Waals surface area contributed by atoms with Gasteiger partial charge < -0.3 is 15.5 Å². The predicted molar refractivity (Wildman–Crippen MR) is 124 cm³/mol. The van der Waals surface area contributed by atoms with E-state index in [1.54, 1.807) is 13.2 Å². The average molecular weight is 470 g/mol. The number of hydrogen-bond acceptors (Lipinski definition) is 6. The lowest BCUT2D eigenvalue weighted by Gasteiger charge is -2.32. The number of piperidine rings is 1. The molecule has 1 aliphatic rings. The van der Waals surface area contributed by atoms with Gasteiger partial charge >= 0.3 is 6.18 Å². The number of benzene rings is 1. The molecule has 178 valence electrons. The van der Waals surface area contributed by atoms with Crippen molar-refractivity contribution in [2.45, 2.75) is 25.9 Å². The molecule has 4 rings (SSSR count). The lowest BCUT2D eigenvalue weighted by Crippen LogP contribution is -2.39. The Kier molecular flexibility index (Phi) is 6.67. The number of hydrogen-bond donors (Lipinski definition) is 2. The molecule has 10 heteroatoms. The normalized spacial score (nSPS) is 14.7. The second kappa shape index (κ2) is 9.66. The monoisotopic (exact) mass is 470 g/mol. The zero-order valence-electron chi connectivity index (χ0n) is 18.9. The first kappa shape index (κ1) is 23.5. The summed E-state index contributed by atoms with van der Waals surface area (Å²) in [4.78, 5) is 26.1. The zero-order chi connectivity index (χ0) is 24.3. The average Bonchev–Trinajstić information content (AvgIpc) is 2.83. The third kappa shape index (κ3) is 5.44. The molecule has 1 aromatic carbocycles. The van der Waals surface area contributed by atoms with Gasteiger partial charge in [-0.15, -0.1) is 0 Å². The molecule has 0 saturated carbocycles. The molecule has 2 N–H and O–H groups in total. The number of rotatable bonds is 5. The van der Waals surface area contributed by atoms with Gasteiger partial charge in [-0.2, -0.15) is 13.2 Å². The summed E-state index contributed by atoms with van der Waals surface area (Å²) in [5.41, 5.74) is 2.32. The summed E-state index contributed by atoms with van der Waals surface area (Å²) in [7, 11) is 1.66. The van der Waals surface area contributed by atoms with E-state index in [0.29, 0.717) is 5.69 Å². The number of amides is 1. The molecule has 1 aliphatic heterocycles. The second-order valence-electron chi connectivity index (χ2n) is 8.25. The first-order chi connectivity index (χ1) is 16.2. The summed E-state index contributed by atoms with van der Waals surface area (Å²) in [5, 5.41) is 5.59. The van der Waals surface area contributed by atoms with Crippen molar-refractivity contribution in [1.82, 2.24) is 20.3 Å². The van der Waals surface area contributed by atoms with Gasteiger partial charge in [0, 0.05) is 44.1 Å². The number of nitrogens with zero attached hydrogens (tertiary/aromatic N) is 4. The highest BCUT2D eigenvalue weighted by molar-refractivity contribution is 5.78. The summed E-state index contributed by atoms with van der Waals surface area (Å²) in [6, 6.07) is 10.4. The summed E-state index contributed by atoms with van der Waals surface area (Å²) in [6.45, 7) is 3.39. The van der Waals surface area contributed by atoms with Crippen LogP contribution in [0.5, 0.6) is 0 Å². The minimum absolute atomic E-state index is 0.0212. The Hall–Kier alpha value is -3.69. The number of anilines is 3. The molecule has 0 atom stereocenters. The van der Waals surface area contributed by atoms with Crippen molar-refractivity contribution >= 4 is 23.4 Å². The molecule has 0 spiro atoms. The maximum Gasteiger partial charge on any atom is 0.433 e. The van der Waals surface area contributed by atoms with Gasteiger partial charge in [0.25, 0.3) is 0 Å². The Morgan fingerprint density at radius 1 is 1.03 bits per heavy atom. The highest BCUT2D eigenvalue weighted by atomic mass is 19.4. The number of aryl methyl sites for hydroxylation is 1. The van der Waals surface area contributed by atoms with Gasteiger partial charge in [0.15, 0.2) is 0 Å². The van der Waals surface area contributed by atoms with Crippen molar-refractivity contribution in [2.75, 3.05) is 30.4 Å². The van der Waals surface area contributed by atoms with Crippen molar-refractivity contribution in [1.29, 1.82) is 0 Å². The number of alkyl halides is 3. The van der Waals surface area contributed by atoms with Crippen molar-refractivity contribution in [2.24, 2.45) is 5.92 Å². The molecule has 1 fully saturated rings. The lowest BCUT2D eigenvalue weighted by molar-refractivity contribution is -0.141.